The monoisotopic (exact) mass is 319 g/mol. The first kappa shape index (κ1) is 14.0. The Morgan fingerprint density at radius 2 is 2.05 bits per heavy atom. The van der Waals surface area contributed by atoms with Gasteiger partial charge in [0.15, 0.2) is 0 Å². The molecule has 7 heteroatoms. The van der Waals surface area contributed by atoms with Gasteiger partial charge in [0.05, 0.1) is 10.4 Å². The maximum absolute atomic E-state index is 12.0. The van der Waals surface area contributed by atoms with Crippen molar-refractivity contribution in [1.29, 1.82) is 0 Å². The van der Waals surface area contributed by atoms with Crippen molar-refractivity contribution in [3.05, 3.63) is 49.9 Å². The van der Waals surface area contributed by atoms with Crippen LogP contribution in [-0.4, -0.2) is 16.8 Å². The number of aryl methyl sites for hydroxylation is 2. The van der Waals surface area contributed by atoms with Crippen molar-refractivity contribution >= 4 is 35.4 Å². The fourth-order valence-corrected chi connectivity index (χ4v) is 3.66. The molecule has 0 unspecified atom stereocenters. The van der Waals surface area contributed by atoms with Crippen LogP contribution < -0.4 is 10.9 Å². The number of carbonyl (C=O) groups is 2. The number of pyridine rings is 1. The van der Waals surface area contributed by atoms with E-state index in [9.17, 15) is 9.59 Å². The normalized spacial score (nSPS) is 12.8. The third kappa shape index (κ3) is 2.88. The van der Waals surface area contributed by atoms with Crippen LogP contribution in [0.15, 0.2) is 24.4 Å². The summed E-state index contributed by atoms with van der Waals surface area (Å²) in [5.74, 6) is -0.733. The van der Waals surface area contributed by atoms with Crippen molar-refractivity contribution < 1.29 is 9.59 Å². The lowest BCUT2D eigenvalue weighted by Crippen LogP contribution is -2.41. The molecular formula is C14H13N3O2S2. The predicted octanol–water partition coefficient (Wildman–Crippen LogP) is 2.37. The van der Waals surface area contributed by atoms with Crippen LogP contribution in [0.1, 0.15) is 36.9 Å². The summed E-state index contributed by atoms with van der Waals surface area (Å²) in [7, 11) is 0. The van der Waals surface area contributed by atoms with Crippen LogP contribution in [-0.2, 0) is 12.8 Å². The highest BCUT2D eigenvalue weighted by Gasteiger charge is 2.18. The second-order valence-corrected chi connectivity index (χ2v) is 6.28. The Morgan fingerprint density at radius 3 is 2.81 bits per heavy atom. The molecule has 0 atom stereocenters. The molecule has 3 N–H and O–H groups in total. The van der Waals surface area contributed by atoms with E-state index in [-0.39, 0.29) is 5.91 Å². The number of rotatable bonds is 2. The van der Waals surface area contributed by atoms with Crippen LogP contribution in [0, 0.1) is 4.64 Å². The van der Waals surface area contributed by atoms with E-state index in [2.05, 4.69) is 15.8 Å². The minimum atomic E-state index is -0.436. The second kappa shape index (κ2) is 5.79. The van der Waals surface area contributed by atoms with Gasteiger partial charge >= 0.3 is 0 Å². The van der Waals surface area contributed by atoms with Crippen LogP contribution in [0.25, 0.3) is 0 Å². The van der Waals surface area contributed by atoms with Gasteiger partial charge in [0, 0.05) is 11.1 Å². The molecule has 0 saturated heterocycles. The van der Waals surface area contributed by atoms with E-state index in [1.165, 1.54) is 21.8 Å². The van der Waals surface area contributed by atoms with E-state index >= 15 is 0 Å². The molecule has 5 nitrogen and oxygen atoms in total. The molecule has 108 valence electrons. The Labute approximate surface area is 130 Å². The van der Waals surface area contributed by atoms with E-state index in [1.54, 1.807) is 18.3 Å². The molecule has 1 aliphatic carbocycles. The first-order valence-electron chi connectivity index (χ1n) is 6.55. The van der Waals surface area contributed by atoms with Gasteiger partial charge in [-0.1, -0.05) is 12.2 Å². The van der Waals surface area contributed by atoms with Gasteiger partial charge in [0.1, 0.15) is 4.64 Å². The zero-order valence-corrected chi connectivity index (χ0v) is 12.7. The maximum Gasteiger partial charge on any atom is 0.279 e. The SMILES string of the molecule is O=C(NNC(=O)c1ccc[nH]c1=S)c1cc2c(s1)CCC2. The Morgan fingerprint density at radius 1 is 1.24 bits per heavy atom. The molecule has 1 aliphatic rings. The van der Waals surface area contributed by atoms with Crippen molar-refractivity contribution in [3.8, 4) is 0 Å². The Kier molecular flexibility index (Phi) is 3.85. The molecular weight excluding hydrogens is 306 g/mol. The van der Waals surface area contributed by atoms with Gasteiger partial charge in [-0.15, -0.1) is 11.3 Å². The van der Waals surface area contributed by atoms with Crippen molar-refractivity contribution in [2.24, 2.45) is 0 Å². The van der Waals surface area contributed by atoms with E-state index in [0.717, 1.165) is 19.3 Å². The summed E-state index contributed by atoms with van der Waals surface area (Å²) in [4.78, 5) is 28.6. The van der Waals surface area contributed by atoms with Crippen LogP contribution in [0.2, 0.25) is 0 Å². The van der Waals surface area contributed by atoms with Crippen LogP contribution in [0.5, 0.6) is 0 Å². The molecule has 0 aromatic carbocycles. The highest BCUT2D eigenvalue weighted by molar-refractivity contribution is 7.71. The van der Waals surface area contributed by atoms with Gasteiger partial charge in [0.2, 0.25) is 0 Å². The first-order valence-corrected chi connectivity index (χ1v) is 7.77. The number of H-pyrrole nitrogens is 1. The fraction of sp³-hybridized carbons (Fsp3) is 0.214. The summed E-state index contributed by atoms with van der Waals surface area (Å²) in [6.07, 6.45) is 4.88. The predicted molar refractivity (Wildman–Crippen MR) is 82.9 cm³/mol. The maximum atomic E-state index is 12.0. The van der Waals surface area contributed by atoms with E-state index in [1.807, 2.05) is 6.07 Å². The molecule has 0 radical (unpaired) electrons. The molecule has 0 bridgehead atoms. The number of aromatic amines is 1. The van der Waals surface area contributed by atoms with Crippen molar-refractivity contribution in [3.63, 3.8) is 0 Å². The fourth-order valence-electron chi connectivity index (χ4n) is 2.28. The average Bonchev–Trinajstić information content (AvgIpc) is 3.06. The molecule has 21 heavy (non-hydrogen) atoms. The number of thiophene rings is 1. The van der Waals surface area contributed by atoms with Crippen LogP contribution in [0.4, 0.5) is 0 Å². The summed E-state index contributed by atoms with van der Waals surface area (Å²) in [6, 6.07) is 5.18. The number of hydrazine groups is 1. The van der Waals surface area contributed by atoms with Crippen molar-refractivity contribution in [1.82, 2.24) is 15.8 Å². The number of aromatic nitrogens is 1. The van der Waals surface area contributed by atoms with Gasteiger partial charge in [-0.05, 0) is 43.0 Å². The molecule has 2 amide bonds. The lowest BCUT2D eigenvalue weighted by atomic mass is 10.2. The number of hydrogen-bond acceptors (Lipinski definition) is 4. The summed E-state index contributed by atoms with van der Waals surface area (Å²) >= 11 is 6.51. The van der Waals surface area contributed by atoms with Gasteiger partial charge in [0.25, 0.3) is 11.8 Å². The summed E-state index contributed by atoms with van der Waals surface area (Å²) in [5, 5.41) is 0. The van der Waals surface area contributed by atoms with Gasteiger partial charge in [-0.2, -0.15) is 0 Å². The average molecular weight is 319 g/mol. The first-order chi connectivity index (χ1) is 10.1. The van der Waals surface area contributed by atoms with Gasteiger partial charge in [-0.25, -0.2) is 0 Å². The molecule has 2 aromatic rings. The quantitative estimate of drug-likeness (QED) is 0.588. The lowest BCUT2D eigenvalue weighted by molar-refractivity contribution is 0.0848. The highest BCUT2D eigenvalue weighted by Crippen LogP contribution is 2.30. The zero-order valence-electron chi connectivity index (χ0n) is 11.1. The Hall–Kier alpha value is -1.99. The molecule has 0 fully saturated rings. The number of nitrogens with one attached hydrogen (secondary N) is 3. The smallest absolute Gasteiger partial charge is 0.279 e. The number of fused-ring (bicyclic) bond motifs is 1. The largest absolute Gasteiger partial charge is 0.352 e. The van der Waals surface area contributed by atoms with Gasteiger partial charge in [-0.3, -0.25) is 20.4 Å². The standard InChI is InChI=1S/C14H13N3O2S2/c18-12(9-4-2-6-15-14(9)20)16-17-13(19)11-7-8-3-1-5-10(8)21-11/h2,4,6-7H,1,3,5H2,(H,15,20)(H,16,18)(H,17,19). The van der Waals surface area contributed by atoms with Crippen LogP contribution in [0.3, 0.4) is 0 Å². The second-order valence-electron chi connectivity index (χ2n) is 4.73. The molecule has 2 aromatic heterocycles. The van der Waals surface area contributed by atoms with E-state index in [0.29, 0.717) is 15.1 Å². The minimum absolute atomic E-state index is 0.298. The molecule has 0 spiro atoms. The molecule has 2 heterocycles. The Balaban J connectivity index is 1.64. The number of amides is 2. The lowest BCUT2D eigenvalue weighted by Gasteiger charge is -2.06. The molecule has 3 rings (SSSR count). The van der Waals surface area contributed by atoms with E-state index < -0.39 is 5.91 Å². The summed E-state index contributed by atoms with van der Waals surface area (Å²) in [6.45, 7) is 0. The van der Waals surface area contributed by atoms with Crippen LogP contribution >= 0.6 is 23.6 Å². The summed E-state index contributed by atoms with van der Waals surface area (Å²) < 4.78 is 0.333. The van der Waals surface area contributed by atoms with Gasteiger partial charge < -0.3 is 4.98 Å². The third-order valence-electron chi connectivity index (χ3n) is 3.32. The Bertz CT molecular complexity index is 742. The topological polar surface area (TPSA) is 74.0 Å². The van der Waals surface area contributed by atoms with Crippen molar-refractivity contribution in [2.75, 3.05) is 0 Å². The number of carbonyl (C=O) groups excluding carboxylic acids is 2. The number of hydrogen-bond donors (Lipinski definition) is 3. The molecule has 0 aliphatic heterocycles. The van der Waals surface area contributed by atoms with Crippen molar-refractivity contribution in [2.45, 2.75) is 19.3 Å². The summed E-state index contributed by atoms with van der Waals surface area (Å²) in [5.41, 5.74) is 6.38. The molecule has 0 saturated carbocycles. The third-order valence-corrected chi connectivity index (χ3v) is 4.90. The zero-order chi connectivity index (χ0) is 14.8. The highest BCUT2D eigenvalue weighted by atomic mass is 32.1. The minimum Gasteiger partial charge on any atom is -0.352 e. The van der Waals surface area contributed by atoms with E-state index in [4.69, 9.17) is 12.2 Å².